The Balaban J connectivity index is 1.67. The molecule has 0 unspecified atom stereocenters. The Bertz CT molecular complexity index is 874. The van der Waals surface area contributed by atoms with Gasteiger partial charge in [-0.15, -0.1) is 0 Å². The molecule has 1 fully saturated rings. The molecule has 0 radical (unpaired) electrons. The van der Waals surface area contributed by atoms with Gasteiger partial charge >= 0.3 is 6.09 Å². The summed E-state index contributed by atoms with van der Waals surface area (Å²) in [6.45, 7) is 8.77. The van der Waals surface area contributed by atoms with E-state index in [9.17, 15) is 9.59 Å². The molecule has 0 spiro atoms. The average molecular weight is 384 g/mol. The molecule has 7 nitrogen and oxygen atoms in total. The maximum Gasteiger partial charge on any atom is 0.410 e. The fourth-order valence-corrected chi connectivity index (χ4v) is 3.39. The Morgan fingerprint density at radius 1 is 1.18 bits per heavy atom. The first kappa shape index (κ1) is 19.9. The fourth-order valence-electron chi connectivity index (χ4n) is 3.39. The topological polar surface area (TPSA) is 90.4 Å². The van der Waals surface area contributed by atoms with Crippen LogP contribution < -0.4 is 5.73 Å². The van der Waals surface area contributed by atoms with Crippen molar-refractivity contribution < 1.29 is 14.3 Å². The third kappa shape index (κ3) is 4.52. The van der Waals surface area contributed by atoms with Crippen molar-refractivity contribution in [1.29, 1.82) is 0 Å². The summed E-state index contributed by atoms with van der Waals surface area (Å²) in [4.78, 5) is 25.5. The molecule has 0 bridgehead atoms. The standard InChI is InChI=1S/C21H28N4O3/c1-14-5-6-15(11-18(14)19(22)26)16-12-23-25(13-16)17-7-9-24(10-8-17)20(27)28-21(2,3)4/h5-6,11-13,17H,7-10H2,1-4H3,(H2,22,26). The summed E-state index contributed by atoms with van der Waals surface area (Å²) in [5.74, 6) is -0.429. The van der Waals surface area contributed by atoms with Gasteiger partial charge in [-0.3, -0.25) is 9.48 Å². The number of carbonyl (C=O) groups is 2. The van der Waals surface area contributed by atoms with E-state index in [0.717, 1.165) is 29.5 Å². The number of nitrogens with two attached hydrogens (primary N) is 1. The lowest BCUT2D eigenvalue weighted by Crippen LogP contribution is -2.42. The van der Waals surface area contributed by atoms with E-state index in [1.54, 1.807) is 11.1 Å². The number of piperidine rings is 1. The van der Waals surface area contributed by atoms with Gasteiger partial charge in [0.25, 0.3) is 0 Å². The van der Waals surface area contributed by atoms with Gasteiger partial charge in [-0.25, -0.2) is 4.79 Å². The summed E-state index contributed by atoms with van der Waals surface area (Å²) >= 11 is 0. The molecule has 3 rings (SSSR count). The molecule has 1 saturated heterocycles. The monoisotopic (exact) mass is 384 g/mol. The highest BCUT2D eigenvalue weighted by Crippen LogP contribution is 2.27. The van der Waals surface area contributed by atoms with Gasteiger partial charge in [0.2, 0.25) is 5.91 Å². The number of hydrogen-bond donors (Lipinski definition) is 1. The van der Waals surface area contributed by atoms with E-state index in [4.69, 9.17) is 10.5 Å². The molecule has 1 aliphatic heterocycles. The molecule has 150 valence electrons. The summed E-state index contributed by atoms with van der Waals surface area (Å²) < 4.78 is 7.40. The Hall–Kier alpha value is -2.83. The second-order valence-corrected chi connectivity index (χ2v) is 8.30. The van der Waals surface area contributed by atoms with Crippen molar-refractivity contribution in [2.24, 2.45) is 5.73 Å². The first-order chi connectivity index (χ1) is 13.1. The number of carbonyl (C=O) groups excluding carboxylic acids is 2. The van der Waals surface area contributed by atoms with Crippen LogP contribution in [0.5, 0.6) is 0 Å². The second kappa shape index (κ2) is 7.66. The SMILES string of the molecule is Cc1ccc(-c2cnn(C3CCN(C(=O)OC(C)(C)C)CC3)c2)cc1C(N)=O. The van der Waals surface area contributed by atoms with Crippen LogP contribution in [0.1, 0.15) is 55.6 Å². The van der Waals surface area contributed by atoms with Crippen LogP contribution in [0.25, 0.3) is 11.1 Å². The zero-order valence-corrected chi connectivity index (χ0v) is 16.9. The smallest absolute Gasteiger partial charge is 0.410 e. The number of aryl methyl sites for hydroxylation is 1. The molecule has 2 N–H and O–H groups in total. The molecular formula is C21H28N4O3. The minimum Gasteiger partial charge on any atom is -0.444 e. The predicted octanol–water partition coefficient (Wildman–Crippen LogP) is 3.53. The molecule has 2 heterocycles. The summed E-state index contributed by atoms with van der Waals surface area (Å²) in [6.07, 6.45) is 5.17. The van der Waals surface area contributed by atoms with Gasteiger partial charge in [-0.1, -0.05) is 12.1 Å². The van der Waals surface area contributed by atoms with Gasteiger partial charge in [0.15, 0.2) is 0 Å². The molecule has 1 aromatic heterocycles. The van der Waals surface area contributed by atoms with Gasteiger partial charge in [0.05, 0.1) is 12.2 Å². The van der Waals surface area contributed by atoms with Crippen LogP contribution in [0.2, 0.25) is 0 Å². The van der Waals surface area contributed by atoms with E-state index in [1.807, 2.05) is 56.8 Å². The van der Waals surface area contributed by atoms with E-state index in [2.05, 4.69) is 5.10 Å². The van der Waals surface area contributed by atoms with Crippen molar-refractivity contribution in [1.82, 2.24) is 14.7 Å². The van der Waals surface area contributed by atoms with Gasteiger partial charge in [0, 0.05) is 30.4 Å². The van der Waals surface area contributed by atoms with Crippen LogP contribution in [0.3, 0.4) is 0 Å². The van der Waals surface area contributed by atoms with Crippen LogP contribution >= 0.6 is 0 Å². The molecule has 0 saturated carbocycles. The van der Waals surface area contributed by atoms with Gasteiger partial charge in [-0.05, 0) is 57.7 Å². The van der Waals surface area contributed by atoms with Crippen molar-refractivity contribution in [2.75, 3.05) is 13.1 Å². The van der Waals surface area contributed by atoms with E-state index >= 15 is 0 Å². The molecule has 2 amide bonds. The second-order valence-electron chi connectivity index (χ2n) is 8.30. The third-order valence-electron chi connectivity index (χ3n) is 4.93. The number of primary amides is 1. The zero-order valence-electron chi connectivity index (χ0n) is 16.9. The Kier molecular flexibility index (Phi) is 5.45. The lowest BCUT2D eigenvalue weighted by atomic mass is 10.0. The van der Waals surface area contributed by atoms with Crippen LogP contribution in [-0.4, -0.2) is 45.4 Å². The van der Waals surface area contributed by atoms with E-state index < -0.39 is 11.5 Å². The average Bonchev–Trinajstić information content (AvgIpc) is 3.10. The molecule has 1 aromatic carbocycles. The van der Waals surface area contributed by atoms with E-state index in [0.29, 0.717) is 18.7 Å². The third-order valence-corrected chi connectivity index (χ3v) is 4.93. The normalized spacial score (nSPS) is 15.5. The van der Waals surface area contributed by atoms with Crippen molar-refractivity contribution in [3.8, 4) is 11.1 Å². The molecule has 28 heavy (non-hydrogen) atoms. The van der Waals surface area contributed by atoms with Crippen LogP contribution in [-0.2, 0) is 4.74 Å². The number of aromatic nitrogens is 2. The fraction of sp³-hybridized carbons (Fsp3) is 0.476. The lowest BCUT2D eigenvalue weighted by Gasteiger charge is -2.33. The number of benzene rings is 1. The van der Waals surface area contributed by atoms with E-state index in [1.165, 1.54) is 0 Å². The molecular weight excluding hydrogens is 356 g/mol. The number of amides is 2. The molecule has 2 aromatic rings. The summed E-state index contributed by atoms with van der Waals surface area (Å²) in [5.41, 5.74) is 8.21. The molecule has 7 heteroatoms. The maximum absolute atomic E-state index is 12.2. The maximum atomic E-state index is 12.2. The summed E-state index contributed by atoms with van der Waals surface area (Å²) in [5, 5.41) is 4.51. The van der Waals surface area contributed by atoms with Crippen LogP contribution in [0.4, 0.5) is 4.79 Å². The number of hydrogen-bond acceptors (Lipinski definition) is 4. The largest absolute Gasteiger partial charge is 0.444 e. The molecule has 0 atom stereocenters. The molecule has 0 aliphatic carbocycles. The Labute approximate surface area is 165 Å². The lowest BCUT2D eigenvalue weighted by molar-refractivity contribution is 0.0184. The van der Waals surface area contributed by atoms with E-state index in [-0.39, 0.29) is 12.1 Å². The predicted molar refractivity (Wildman–Crippen MR) is 107 cm³/mol. The van der Waals surface area contributed by atoms with Crippen molar-refractivity contribution in [2.45, 2.75) is 52.2 Å². The number of rotatable bonds is 3. The highest BCUT2D eigenvalue weighted by molar-refractivity contribution is 5.95. The van der Waals surface area contributed by atoms with Crippen molar-refractivity contribution in [3.05, 3.63) is 41.7 Å². The summed E-state index contributed by atoms with van der Waals surface area (Å²) in [6, 6.07) is 5.90. The highest BCUT2D eigenvalue weighted by Gasteiger charge is 2.27. The van der Waals surface area contributed by atoms with Crippen LogP contribution in [0, 0.1) is 6.92 Å². The van der Waals surface area contributed by atoms with Crippen molar-refractivity contribution in [3.63, 3.8) is 0 Å². The van der Waals surface area contributed by atoms with Gasteiger partial charge in [-0.2, -0.15) is 5.10 Å². The highest BCUT2D eigenvalue weighted by atomic mass is 16.6. The minimum atomic E-state index is -0.484. The first-order valence-corrected chi connectivity index (χ1v) is 9.57. The Morgan fingerprint density at radius 2 is 1.86 bits per heavy atom. The zero-order chi connectivity index (χ0) is 20.5. The van der Waals surface area contributed by atoms with Crippen molar-refractivity contribution >= 4 is 12.0 Å². The number of likely N-dealkylation sites (tertiary alicyclic amines) is 1. The quantitative estimate of drug-likeness (QED) is 0.876. The first-order valence-electron chi connectivity index (χ1n) is 9.57. The minimum absolute atomic E-state index is 0.230. The number of nitrogens with zero attached hydrogens (tertiary/aromatic N) is 3. The van der Waals surface area contributed by atoms with Gasteiger partial charge in [0.1, 0.15) is 5.60 Å². The number of ether oxygens (including phenoxy) is 1. The molecule has 1 aliphatic rings. The van der Waals surface area contributed by atoms with Gasteiger partial charge < -0.3 is 15.4 Å². The summed E-state index contributed by atoms with van der Waals surface area (Å²) in [7, 11) is 0. The Morgan fingerprint density at radius 3 is 2.46 bits per heavy atom. The van der Waals surface area contributed by atoms with Crippen LogP contribution in [0.15, 0.2) is 30.6 Å².